The fraction of sp³-hybridized carbons (Fsp3) is 0.222. The first kappa shape index (κ1) is 25.5. The van der Waals surface area contributed by atoms with Crippen LogP contribution in [0.25, 0.3) is 22.4 Å². The van der Waals surface area contributed by atoms with Gasteiger partial charge in [-0.05, 0) is 67.3 Å². The Morgan fingerprint density at radius 3 is 2.31 bits per heavy atom. The number of nitrogens with zero attached hydrogens (tertiary/aromatic N) is 2. The highest BCUT2D eigenvalue weighted by atomic mass is 35.5. The van der Waals surface area contributed by atoms with Crippen molar-refractivity contribution in [3.63, 3.8) is 0 Å². The molecule has 0 aliphatic carbocycles. The standard InChI is InChI=1S/C27H26Cl2N2O3S/c1-17-7-5-9-20(26(17)29)16-31-24(15-25(30-31)27(2,3)32)22-12-11-19(14-23(22)28)18-8-6-10-21(13-18)35(4,33)34/h5-15,32H,16H2,1-4H3. The van der Waals surface area contributed by atoms with Gasteiger partial charge in [0.25, 0.3) is 0 Å². The van der Waals surface area contributed by atoms with Crippen LogP contribution < -0.4 is 0 Å². The average Bonchev–Trinajstić information content (AvgIpc) is 3.20. The molecule has 182 valence electrons. The molecule has 1 N–H and O–H groups in total. The maximum Gasteiger partial charge on any atom is 0.175 e. The zero-order chi connectivity index (χ0) is 25.5. The third-order valence-corrected chi connectivity index (χ3v) is 7.80. The van der Waals surface area contributed by atoms with Crippen LogP contribution in [0.15, 0.2) is 71.6 Å². The van der Waals surface area contributed by atoms with E-state index < -0.39 is 15.4 Å². The van der Waals surface area contributed by atoms with Gasteiger partial charge in [-0.2, -0.15) is 5.10 Å². The molecule has 0 bridgehead atoms. The molecule has 0 fully saturated rings. The Kier molecular flexibility index (Phi) is 6.86. The van der Waals surface area contributed by atoms with Crippen molar-refractivity contribution in [2.75, 3.05) is 6.26 Å². The molecule has 0 unspecified atom stereocenters. The number of aliphatic hydroxyl groups is 1. The van der Waals surface area contributed by atoms with Gasteiger partial charge >= 0.3 is 0 Å². The van der Waals surface area contributed by atoms with Crippen LogP contribution in [0, 0.1) is 6.92 Å². The second-order valence-electron chi connectivity index (χ2n) is 9.17. The van der Waals surface area contributed by atoms with Crippen molar-refractivity contribution >= 4 is 33.0 Å². The van der Waals surface area contributed by atoms with E-state index in [1.165, 1.54) is 6.26 Å². The number of sulfone groups is 1. The summed E-state index contributed by atoms with van der Waals surface area (Å²) in [5, 5.41) is 16.4. The third-order valence-electron chi connectivity index (χ3n) is 5.84. The number of hydrogen-bond acceptors (Lipinski definition) is 4. The summed E-state index contributed by atoms with van der Waals surface area (Å²) in [7, 11) is -3.33. The van der Waals surface area contributed by atoms with Gasteiger partial charge in [0, 0.05) is 16.8 Å². The highest BCUT2D eigenvalue weighted by molar-refractivity contribution is 7.90. The number of benzene rings is 3. The maximum absolute atomic E-state index is 12.0. The summed E-state index contributed by atoms with van der Waals surface area (Å²) in [5.74, 6) is 0. The first-order valence-electron chi connectivity index (χ1n) is 11.0. The monoisotopic (exact) mass is 528 g/mol. The van der Waals surface area contributed by atoms with Crippen LogP contribution in [0.5, 0.6) is 0 Å². The van der Waals surface area contributed by atoms with Gasteiger partial charge in [0.1, 0.15) is 5.60 Å². The van der Waals surface area contributed by atoms with Gasteiger partial charge in [-0.3, -0.25) is 4.68 Å². The molecule has 3 aromatic carbocycles. The Labute approximate surface area is 215 Å². The Bertz CT molecular complexity index is 1520. The summed E-state index contributed by atoms with van der Waals surface area (Å²) in [6.07, 6.45) is 1.18. The Balaban J connectivity index is 1.80. The van der Waals surface area contributed by atoms with Crippen LogP contribution in [-0.4, -0.2) is 29.6 Å². The van der Waals surface area contributed by atoms with Gasteiger partial charge in [-0.1, -0.05) is 65.7 Å². The Morgan fingerprint density at radius 2 is 1.66 bits per heavy atom. The largest absolute Gasteiger partial charge is 0.384 e. The summed E-state index contributed by atoms with van der Waals surface area (Å²) < 4.78 is 25.7. The van der Waals surface area contributed by atoms with Gasteiger partial charge in [0.15, 0.2) is 9.84 Å². The molecule has 0 spiro atoms. The maximum atomic E-state index is 12.0. The normalized spacial score (nSPS) is 12.2. The molecule has 5 nitrogen and oxygen atoms in total. The smallest absolute Gasteiger partial charge is 0.175 e. The van der Waals surface area contributed by atoms with Gasteiger partial charge in [0.2, 0.25) is 0 Å². The number of aromatic nitrogens is 2. The molecular formula is C27H26Cl2N2O3S. The summed E-state index contributed by atoms with van der Waals surface area (Å²) in [4.78, 5) is 0.248. The van der Waals surface area contributed by atoms with E-state index in [1.807, 2.05) is 49.4 Å². The van der Waals surface area contributed by atoms with Crippen molar-refractivity contribution in [1.29, 1.82) is 0 Å². The van der Waals surface area contributed by atoms with E-state index in [-0.39, 0.29) is 4.90 Å². The zero-order valence-electron chi connectivity index (χ0n) is 19.9. The van der Waals surface area contributed by atoms with Crippen molar-refractivity contribution in [3.05, 3.63) is 93.6 Å². The van der Waals surface area contributed by atoms with Crippen LogP contribution in [0.3, 0.4) is 0 Å². The molecule has 4 aromatic rings. The molecule has 0 radical (unpaired) electrons. The molecule has 0 saturated carbocycles. The molecule has 35 heavy (non-hydrogen) atoms. The highest BCUT2D eigenvalue weighted by Gasteiger charge is 2.24. The molecule has 0 aliphatic heterocycles. The molecule has 0 amide bonds. The first-order valence-corrected chi connectivity index (χ1v) is 13.6. The number of aryl methyl sites for hydroxylation is 1. The number of halogens is 2. The lowest BCUT2D eigenvalue weighted by Crippen LogP contribution is -2.17. The van der Waals surface area contributed by atoms with Gasteiger partial charge in [-0.15, -0.1) is 0 Å². The lowest BCUT2D eigenvalue weighted by molar-refractivity contribution is 0.0731. The zero-order valence-corrected chi connectivity index (χ0v) is 22.2. The lowest BCUT2D eigenvalue weighted by Gasteiger charge is -2.13. The lowest BCUT2D eigenvalue weighted by atomic mass is 10.0. The van der Waals surface area contributed by atoms with Gasteiger partial charge in [0.05, 0.1) is 27.9 Å². The Morgan fingerprint density at radius 1 is 0.971 bits per heavy atom. The van der Waals surface area contributed by atoms with E-state index in [9.17, 15) is 13.5 Å². The van der Waals surface area contributed by atoms with Crippen LogP contribution in [0.1, 0.15) is 30.7 Å². The predicted molar refractivity (Wildman–Crippen MR) is 142 cm³/mol. The van der Waals surface area contributed by atoms with Crippen LogP contribution >= 0.6 is 23.2 Å². The van der Waals surface area contributed by atoms with Crippen molar-refractivity contribution in [2.24, 2.45) is 0 Å². The van der Waals surface area contributed by atoms with Gasteiger partial charge in [-0.25, -0.2) is 8.42 Å². The summed E-state index contributed by atoms with van der Waals surface area (Å²) in [5.41, 5.74) is 4.26. The van der Waals surface area contributed by atoms with Crippen LogP contribution in [0.4, 0.5) is 0 Å². The summed E-state index contributed by atoms with van der Waals surface area (Å²) in [6, 6.07) is 20.0. The minimum atomic E-state index is -3.33. The minimum absolute atomic E-state index is 0.248. The van der Waals surface area contributed by atoms with E-state index >= 15 is 0 Å². The fourth-order valence-corrected chi connectivity index (χ4v) is 4.98. The molecule has 1 aromatic heterocycles. The van der Waals surface area contributed by atoms with Crippen molar-refractivity contribution in [3.8, 4) is 22.4 Å². The van der Waals surface area contributed by atoms with Gasteiger partial charge < -0.3 is 5.11 Å². The summed E-state index contributed by atoms with van der Waals surface area (Å²) in [6.45, 7) is 5.72. The molecule has 4 rings (SSSR count). The van der Waals surface area contributed by atoms with Crippen molar-refractivity contribution in [1.82, 2.24) is 9.78 Å². The Hall–Kier alpha value is -2.64. The number of hydrogen-bond donors (Lipinski definition) is 1. The molecule has 0 aliphatic rings. The van der Waals surface area contributed by atoms with Crippen LogP contribution in [0.2, 0.25) is 10.0 Å². The highest BCUT2D eigenvalue weighted by Crippen LogP contribution is 2.35. The molecule has 1 heterocycles. The van der Waals surface area contributed by atoms with E-state index in [0.29, 0.717) is 22.3 Å². The second-order valence-corrected chi connectivity index (χ2v) is 12.0. The fourth-order valence-electron chi connectivity index (χ4n) is 3.85. The molecule has 8 heteroatoms. The molecule has 0 atom stereocenters. The van der Waals surface area contributed by atoms with Crippen molar-refractivity contribution in [2.45, 2.75) is 37.8 Å². The second kappa shape index (κ2) is 9.43. The van der Waals surface area contributed by atoms with E-state index in [1.54, 1.807) is 42.8 Å². The van der Waals surface area contributed by atoms with Crippen LogP contribution in [-0.2, 0) is 22.0 Å². The number of rotatable bonds is 6. The molecular weight excluding hydrogens is 503 g/mol. The van der Waals surface area contributed by atoms with E-state index in [4.69, 9.17) is 23.2 Å². The predicted octanol–water partition coefficient (Wildman–Crippen LogP) is 6.51. The average molecular weight is 529 g/mol. The van der Waals surface area contributed by atoms with E-state index in [2.05, 4.69) is 5.10 Å². The SMILES string of the molecule is Cc1cccc(Cn2nc(C(C)(C)O)cc2-c2ccc(-c3cccc(S(C)(=O)=O)c3)cc2Cl)c1Cl. The summed E-state index contributed by atoms with van der Waals surface area (Å²) >= 11 is 13.3. The quantitative estimate of drug-likeness (QED) is 0.309. The third kappa shape index (κ3) is 5.46. The minimum Gasteiger partial charge on any atom is -0.384 e. The topological polar surface area (TPSA) is 72.2 Å². The van der Waals surface area contributed by atoms with Crippen molar-refractivity contribution < 1.29 is 13.5 Å². The first-order chi connectivity index (χ1) is 16.3. The van der Waals surface area contributed by atoms with E-state index in [0.717, 1.165) is 33.5 Å². The molecule has 0 saturated heterocycles.